The highest BCUT2D eigenvalue weighted by Gasteiger charge is 2.15. The van der Waals surface area contributed by atoms with Crippen LogP contribution in [0.25, 0.3) is 22.7 Å². The fourth-order valence-electron chi connectivity index (χ4n) is 2.67. The molecule has 4 N–H and O–H groups in total. The van der Waals surface area contributed by atoms with Crippen LogP contribution in [-0.2, 0) is 0 Å². The topological polar surface area (TPSA) is 127 Å². The lowest BCUT2D eigenvalue weighted by Crippen LogP contribution is -2.33. The molecule has 0 aliphatic rings. The maximum atomic E-state index is 12.3. The van der Waals surface area contributed by atoms with Gasteiger partial charge in [-0.3, -0.25) is 14.7 Å². The normalized spacial score (nSPS) is 10.9. The van der Waals surface area contributed by atoms with Crippen LogP contribution in [0.1, 0.15) is 47.7 Å². The van der Waals surface area contributed by atoms with Gasteiger partial charge in [0.25, 0.3) is 11.8 Å². The molecule has 0 bridgehead atoms. The van der Waals surface area contributed by atoms with Gasteiger partial charge in [-0.2, -0.15) is 5.10 Å². The lowest BCUT2D eigenvalue weighted by atomic mass is 10.1. The molecule has 8 heteroatoms. The number of rotatable bonds is 7. The molecule has 1 aromatic carbocycles. The number of oxazole rings is 1. The molecule has 0 atom stereocenters. The molecule has 0 aliphatic carbocycles. The SMILES string of the molecule is CCC(CC)NC(=O)c1cc(-c2cccc(-c3ncc(C(N)=O)o3)c2)n[nH]1. The molecule has 2 heterocycles. The number of amides is 2. The summed E-state index contributed by atoms with van der Waals surface area (Å²) in [7, 11) is 0. The highest BCUT2D eigenvalue weighted by molar-refractivity contribution is 5.93. The summed E-state index contributed by atoms with van der Waals surface area (Å²) in [6.07, 6.45) is 3.03. The minimum Gasteiger partial charge on any atom is -0.431 e. The molecule has 2 amide bonds. The lowest BCUT2D eigenvalue weighted by molar-refractivity contribution is 0.0928. The molecule has 0 radical (unpaired) electrons. The Morgan fingerprint density at radius 3 is 2.63 bits per heavy atom. The molecular weight excluding hydrogens is 346 g/mol. The van der Waals surface area contributed by atoms with Gasteiger partial charge in [-0.05, 0) is 31.0 Å². The summed E-state index contributed by atoms with van der Waals surface area (Å²) in [5, 5.41) is 9.97. The van der Waals surface area contributed by atoms with Gasteiger partial charge in [0, 0.05) is 17.2 Å². The van der Waals surface area contributed by atoms with Crippen molar-refractivity contribution in [3.63, 3.8) is 0 Å². The molecule has 27 heavy (non-hydrogen) atoms. The van der Waals surface area contributed by atoms with Crippen molar-refractivity contribution >= 4 is 11.8 Å². The summed E-state index contributed by atoms with van der Waals surface area (Å²) in [4.78, 5) is 27.5. The molecule has 0 saturated carbocycles. The van der Waals surface area contributed by atoms with Crippen molar-refractivity contribution in [2.45, 2.75) is 32.7 Å². The quantitative estimate of drug-likeness (QED) is 0.592. The number of hydrogen-bond donors (Lipinski definition) is 3. The van der Waals surface area contributed by atoms with Crippen LogP contribution in [0.3, 0.4) is 0 Å². The molecule has 0 unspecified atom stereocenters. The second-order valence-corrected chi connectivity index (χ2v) is 6.13. The molecule has 0 aliphatic heterocycles. The van der Waals surface area contributed by atoms with Gasteiger partial charge in [0.15, 0.2) is 0 Å². The monoisotopic (exact) mass is 367 g/mol. The van der Waals surface area contributed by atoms with Crippen LogP contribution >= 0.6 is 0 Å². The molecule has 2 aromatic heterocycles. The average Bonchev–Trinajstić information content (AvgIpc) is 3.36. The molecule has 8 nitrogen and oxygen atoms in total. The first-order chi connectivity index (χ1) is 13.0. The van der Waals surface area contributed by atoms with E-state index in [1.54, 1.807) is 12.1 Å². The Bertz CT molecular complexity index is 956. The summed E-state index contributed by atoms with van der Waals surface area (Å²) >= 11 is 0. The lowest BCUT2D eigenvalue weighted by Gasteiger charge is -2.13. The van der Waals surface area contributed by atoms with Gasteiger partial charge in [-0.15, -0.1) is 0 Å². The molecule has 0 fully saturated rings. The third-order valence-corrected chi connectivity index (χ3v) is 4.30. The zero-order valence-corrected chi connectivity index (χ0v) is 15.2. The first-order valence-corrected chi connectivity index (χ1v) is 8.74. The Kier molecular flexibility index (Phi) is 5.35. The maximum Gasteiger partial charge on any atom is 0.286 e. The van der Waals surface area contributed by atoms with Gasteiger partial charge in [0.2, 0.25) is 11.7 Å². The van der Waals surface area contributed by atoms with E-state index >= 15 is 0 Å². The first-order valence-electron chi connectivity index (χ1n) is 8.74. The van der Waals surface area contributed by atoms with E-state index < -0.39 is 5.91 Å². The minimum absolute atomic E-state index is 0.00414. The fraction of sp³-hybridized carbons (Fsp3) is 0.263. The van der Waals surface area contributed by atoms with Crippen molar-refractivity contribution in [1.82, 2.24) is 20.5 Å². The number of nitrogens with two attached hydrogens (primary N) is 1. The van der Waals surface area contributed by atoms with Crippen LogP contribution in [0.5, 0.6) is 0 Å². The summed E-state index contributed by atoms with van der Waals surface area (Å²) in [5.74, 6) is -0.578. The summed E-state index contributed by atoms with van der Waals surface area (Å²) in [5.41, 5.74) is 7.66. The van der Waals surface area contributed by atoms with Crippen LogP contribution in [0.15, 0.2) is 40.9 Å². The van der Waals surface area contributed by atoms with Gasteiger partial charge >= 0.3 is 0 Å². The Hall–Kier alpha value is -3.42. The molecule has 3 rings (SSSR count). The van der Waals surface area contributed by atoms with Crippen LogP contribution < -0.4 is 11.1 Å². The molecular formula is C19H21N5O3. The van der Waals surface area contributed by atoms with E-state index in [4.69, 9.17) is 10.2 Å². The van der Waals surface area contributed by atoms with Crippen molar-refractivity contribution in [3.8, 4) is 22.7 Å². The van der Waals surface area contributed by atoms with Crippen molar-refractivity contribution < 1.29 is 14.0 Å². The number of carbonyl (C=O) groups is 2. The van der Waals surface area contributed by atoms with Crippen LogP contribution in [0.2, 0.25) is 0 Å². The van der Waals surface area contributed by atoms with E-state index in [1.165, 1.54) is 6.20 Å². The predicted molar refractivity (Wildman–Crippen MR) is 99.9 cm³/mol. The fourth-order valence-corrected chi connectivity index (χ4v) is 2.67. The van der Waals surface area contributed by atoms with Gasteiger partial charge in [0.05, 0.1) is 11.9 Å². The van der Waals surface area contributed by atoms with E-state index in [-0.39, 0.29) is 23.6 Å². The third kappa shape index (κ3) is 4.05. The number of aromatic amines is 1. The average molecular weight is 367 g/mol. The Balaban J connectivity index is 1.82. The summed E-state index contributed by atoms with van der Waals surface area (Å²) in [6, 6.07) is 9.12. The van der Waals surface area contributed by atoms with E-state index in [1.807, 2.05) is 32.0 Å². The number of benzene rings is 1. The second kappa shape index (κ2) is 7.86. The van der Waals surface area contributed by atoms with Crippen molar-refractivity contribution in [2.24, 2.45) is 5.73 Å². The van der Waals surface area contributed by atoms with Gasteiger partial charge in [0.1, 0.15) is 5.69 Å². The van der Waals surface area contributed by atoms with Crippen LogP contribution in [0, 0.1) is 0 Å². The van der Waals surface area contributed by atoms with Gasteiger partial charge in [-0.25, -0.2) is 4.98 Å². The van der Waals surface area contributed by atoms with Gasteiger partial charge < -0.3 is 15.5 Å². The zero-order chi connectivity index (χ0) is 19.4. The Labute approximate surface area is 156 Å². The summed E-state index contributed by atoms with van der Waals surface area (Å²) in [6.45, 7) is 4.06. The number of nitrogens with one attached hydrogen (secondary N) is 2. The number of primary amides is 1. The van der Waals surface area contributed by atoms with E-state index in [9.17, 15) is 9.59 Å². The Morgan fingerprint density at radius 1 is 1.22 bits per heavy atom. The van der Waals surface area contributed by atoms with Crippen LogP contribution in [0.4, 0.5) is 0 Å². The standard InChI is InChI=1S/C19H21N5O3/c1-3-13(4-2)22-18(26)15-9-14(23-24-15)11-6-5-7-12(8-11)19-21-10-16(27-19)17(20)25/h5-10,13H,3-4H2,1-2H3,(H2,20,25)(H,22,26)(H,23,24). The molecule has 140 valence electrons. The molecule has 0 saturated heterocycles. The number of nitrogens with zero attached hydrogens (tertiary/aromatic N) is 2. The van der Waals surface area contributed by atoms with E-state index in [0.717, 1.165) is 18.4 Å². The predicted octanol–water partition coefficient (Wildman–Crippen LogP) is 2.75. The highest BCUT2D eigenvalue weighted by atomic mass is 16.4. The third-order valence-electron chi connectivity index (χ3n) is 4.30. The van der Waals surface area contributed by atoms with Crippen molar-refractivity contribution in [3.05, 3.63) is 48.0 Å². The maximum absolute atomic E-state index is 12.3. The van der Waals surface area contributed by atoms with E-state index in [0.29, 0.717) is 17.0 Å². The smallest absolute Gasteiger partial charge is 0.286 e. The van der Waals surface area contributed by atoms with E-state index in [2.05, 4.69) is 20.5 Å². The molecule has 0 spiro atoms. The number of aromatic nitrogens is 3. The van der Waals surface area contributed by atoms with Gasteiger partial charge in [-0.1, -0.05) is 26.0 Å². The van der Waals surface area contributed by atoms with Crippen LogP contribution in [-0.4, -0.2) is 33.0 Å². The number of hydrogen-bond acceptors (Lipinski definition) is 5. The Morgan fingerprint density at radius 2 is 1.96 bits per heavy atom. The minimum atomic E-state index is -0.676. The largest absolute Gasteiger partial charge is 0.431 e. The van der Waals surface area contributed by atoms with Crippen molar-refractivity contribution in [1.29, 1.82) is 0 Å². The first kappa shape index (κ1) is 18.4. The highest BCUT2D eigenvalue weighted by Crippen LogP contribution is 2.25. The second-order valence-electron chi connectivity index (χ2n) is 6.13. The molecule has 3 aromatic rings. The summed E-state index contributed by atoms with van der Waals surface area (Å²) < 4.78 is 5.36. The van der Waals surface area contributed by atoms with Crippen molar-refractivity contribution in [2.75, 3.05) is 0 Å². The zero-order valence-electron chi connectivity index (χ0n) is 15.2. The number of carbonyl (C=O) groups excluding carboxylic acids is 2. The number of H-pyrrole nitrogens is 1.